The fourth-order valence-corrected chi connectivity index (χ4v) is 3.16. The van der Waals surface area contributed by atoms with E-state index in [1.165, 1.54) is 0 Å². The van der Waals surface area contributed by atoms with Gasteiger partial charge in [-0.25, -0.2) is 4.98 Å². The number of piperazine rings is 1. The van der Waals surface area contributed by atoms with E-state index >= 15 is 0 Å². The number of ether oxygens (including phenoxy) is 1. The normalized spacial score (nSPS) is 15.7. The Labute approximate surface area is 146 Å². The number of anilines is 1. The molecular weight excluding hydrogens is 318 g/mol. The topological polar surface area (TPSA) is 71.7 Å². The van der Waals surface area contributed by atoms with Gasteiger partial charge in [0.2, 0.25) is 5.88 Å². The molecule has 4 heterocycles. The molecule has 4 rings (SSSR count). The van der Waals surface area contributed by atoms with Gasteiger partial charge in [-0.15, -0.1) is 15.3 Å². The monoisotopic (exact) mass is 339 g/mol. The second kappa shape index (κ2) is 6.64. The number of hydrogen-bond donors (Lipinski definition) is 0. The van der Waals surface area contributed by atoms with Gasteiger partial charge in [-0.1, -0.05) is 6.07 Å². The van der Waals surface area contributed by atoms with E-state index < -0.39 is 0 Å². The lowest BCUT2D eigenvalue weighted by Gasteiger charge is -2.35. The molecule has 1 aliphatic heterocycles. The Balaban J connectivity index is 1.43. The van der Waals surface area contributed by atoms with Crippen molar-refractivity contribution < 1.29 is 4.74 Å². The molecule has 0 saturated carbocycles. The van der Waals surface area contributed by atoms with Gasteiger partial charge in [-0.2, -0.15) is 4.52 Å². The highest BCUT2D eigenvalue weighted by molar-refractivity contribution is 5.46. The summed E-state index contributed by atoms with van der Waals surface area (Å²) in [6.07, 6.45) is 1.76. The van der Waals surface area contributed by atoms with Crippen LogP contribution in [0, 0.1) is 6.92 Å². The molecule has 0 spiro atoms. The smallest absolute Gasteiger partial charge is 0.217 e. The van der Waals surface area contributed by atoms with E-state index in [1.54, 1.807) is 17.8 Å². The van der Waals surface area contributed by atoms with Crippen molar-refractivity contribution in [2.45, 2.75) is 13.5 Å². The molecule has 0 amide bonds. The number of pyridine rings is 1. The highest BCUT2D eigenvalue weighted by Crippen LogP contribution is 2.19. The van der Waals surface area contributed by atoms with Crippen molar-refractivity contribution in [1.82, 2.24) is 29.7 Å². The molecule has 0 radical (unpaired) electrons. The number of aryl methyl sites for hydroxylation is 1. The van der Waals surface area contributed by atoms with Crippen LogP contribution in [0.25, 0.3) is 5.65 Å². The molecule has 1 aliphatic rings. The summed E-state index contributed by atoms with van der Waals surface area (Å²) in [6.45, 7) is 6.57. The summed E-state index contributed by atoms with van der Waals surface area (Å²) in [7, 11) is 1.67. The number of hydrogen-bond acceptors (Lipinski definition) is 7. The van der Waals surface area contributed by atoms with Crippen molar-refractivity contribution in [3.05, 3.63) is 41.9 Å². The number of methoxy groups -OCH3 is 1. The predicted octanol–water partition coefficient (Wildman–Crippen LogP) is 1.16. The first-order chi connectivity index (χ1) is 12.2. The Morgan fingerprint density at radius 3 is 2.72 bits per heavy atom. The molecule has 0 N–H and O–H groups in total. The summed E-state index contributed by atoms with van der Waals surface area (Å²) in [5.74, 6) is 2.48. The van der Waals surface area contributed by atoms with Gasteiger partial charge in [0.1, 0.15) is 5.82 Å². The van der Waals surface area contributed by atoms with Crippen LogP contribution < -0.4 is 9.64 Å². The zero-order valence-electron chi connectivity index (χ0n) is 14.5. The van der Waals surface area contributed by atoms with Gasteiger partial charge < -0.3 is 9.64 Å². The molecule has 0 aromatic carbocycles. The van der Waals surface area contributed by atoms with Crippen molar-refractivity contribution in [3.8, 4) is 5.88 Å². The maximum absolute atomic E-state index is 5.35. The average molecular weight is 339 g/mol. The second-order valence-electron chi connectivity index (χ2n) is 6.14. The summed E-state index contributed by atoms with van der Waals surface area (Å²) in [5, 5.41) is 12.8. The maximum Gasteiger partial charge on any atom is 0.217 e. The van der Waals surface area contributed by atoms with Crippen LogP contribution in [0.5, 0.6) is 5.88 Å². The zero-order chi connectivity index (χ0) is 17.2. The number of rotatable bonds is 4. The average Bonchev–Trinajstić information content (AvgIpc) is 3.03. The molecule has 1 saturated heterocycles. The quantitative estimate of drug-likeness (QED) is 0.706. The summed E-state index contributed by atoms with van der Waals surface area (Å²) in [5.41, 5.74) is 1.90. The van der Waals surface area contributed by atoms with Gasteiger partial charge in [0, 0.05) is 44.5 Å². The third-order valence-electron chi connectivity index (χ3n) is 4.54. The van der Waals surface area contributed by atoms with Crippen LogP contribution in [-0.2, 0) is 6.54 Å². The minimum Gasteiger partial charge on any atom is -0.481 e. The van der Waals surface area contributed by atoms with Gasteiger partial charge in [0.05, 0.1) is 7.11 Å². The van der Waals surface area contributed by atoms with Crippen molar-refractivity contribution in [2.75, 3.05) is 38.2 Å². The van der Waals surface area contributed by atoms with Crippen LogP contribution in [0.15, 0.2) is 30.5 Å². The lowest BCUT2D eigenvalue weighted by molar-refractivity contribution is 0.244. The van der Waals surface area contributed by atoms with E-state index in [0.29, 0.717) is 5.88 Å². The van der Waals surface area contributed by atoms with Gasteiger partial charge in [0.25, 0.3) is 0 Å². The Morgan fingerprint density at radius 1 is 1.08 bits per heavy atom. The standard InChI is InChI=1S/C17H21N7O/c1-13-19-20-15-5-6-16(21-24(13)15)23-10-8-22(9-11-23)12-14-4-3-7-18-17(14)25-2/h3-7H,8-12H2,1-2H3. The van der Waals surface area contributed by atoms with Gasteiger partial charge in [-0.3, -0.25) is 4.90 Å². The number of aromatic nitrogens is 5. The van der Waals surface area contributed by atoms with Gasteiger partial charge in [-0.05, 0) is 25.1 Å². The lowest BCUT2D eigenvalue weighted by atomic mass is 10.2. The van der Waals surface area contributed by atoms with E-state index in [-0.39, 0.29) is 0 Å². The van der Waals surface area contributed by atoms with Crippen LogP contribution >= 0.6 is 0 Å². The zero-order valence-corrected chi connectivity index (χ0v) is 14.5. The Hall–Kier alpha value is -2.74. The summed E-state index contributed by atoms with van der Waals surface area (Å²) >= 11 is 0. The van der Waals surface area contributed by atoms with Crippen LogP contribution in [0.2, 0.25) is 0 Å². The highest BCUT2D eigenvalue weighted by atomic mass is 16.5. The molecule has 0 bridgehead atoms. The van der Waals surface area contributed by atoms with E-state index in [0.717, 1.165) is 55.6 Å². The fraction of sp³-hybridized carbons (Fsp3) is 0.412. The summed E-state index contributed by atoms with van der Waals surface area (Å²) in [4.78, 5) is 8.99. The summed E-state index contributed by atoms with van der Waals surface area (Å²) < 4.78 is 7.14. The molecule has 8 heteroatoms. The van der Waals surface area contributed by atoms with Crippen molar-refractivity contribution in [1.29, 1.82) is 0 Å². The van der Waals surface area contributed by atoms with Crippen molar-refractivity contribution in [2.24, 2.45) is 0 Å². The minimum absolute atomic E-state index is 0.708. The summed E-state index contributed by atoms with van der Waals surface area (Å²) in [6, 6.07) is 8.01. The molecule has 0 atom stereocenters. The maximum atomic E-state index is 5.35. The Kier molecular flexibility index (Phi) is 4.19. The van der Waals surface area contributed by atoms with E-state index in [2.05, 4.69) is 36.1 Å². The van der Waals surface area contributed by atoms with E-state index in [1.807, 2.05) is 25.1 Å². The molecule has 1 fully saturated rings. The van der Waals surface area contributed by atoms with E-state index in [9.17, 15) is 0 Å². The van der Waals surface area contributed by atoms with E-state index in [4.69, 9.17) is 4.74 Å². The number of fused-ring (bicyclic) bond motifs is 1. The van der Waals surface area contributed by atoms with Crippen LogP contribution in [0.3, 0.4) is 0 Å². The lowest BCUT2D eigenvalue weighted by Crippen LogP contribution is -2.46. The Bertz CT molecular complexity index is 870. The Morgan fingerprint density at radius 2 is 1.92 bits per heavy atom. The third-order valence-corrected chi connectivity index (χ3v) is 4.54. The van der Waals surface area contributed by atoms with Crippen molar-refractivity contribution >= 4 is 11.5 Å². The van der Waals surface area contributed by atoms with Crippen molar-refractivity contribution in [3.63, 3.8) is 0 Å². The van der Waals surface area contributed by atoms with Gasteiger partial charge >= 0.3 is 0 Å². The SMILES string of the molecule is COc1ncccc1CN1CCN(c2ccc3nnc(C)n3n2)CC1. The molecule has 0 unspecified atom stereocenters. The molecule has 8 nitrogen and oxygen atoms in total. The minimum atomic E-state index is 0.708. The van der Waals surface area contributed by atoms with Crippen LogP contribution in [0.4, 0.5) is 5.82 Å². The second-order valence-corrected chi connectivity index (χ2v) is 6.14. The molecule has 3 aromatic heterocycles. The first-order valence-electron chi connectivity index (χ1n) is 8.39. The molecular formula is C17H21N7O. The van der Waals surface area contributed by atoms with Gasteiger partial charge in [0.15, 0.2) is 11.5 Å². The van der Waals surface area contributed by atoms with Crippen LogP contribution in [0.1, 0.15) is 11.4 Å². The number of nitrogens with zero attached hydrogens (tertiary/aromatic N) is 7. The fourth-order valence-electron chi connectivity index (χ4n) is 3.16. The predicted molar refractivity (Wildman–Crippen MR) is 93.8 cm³/mol. The molecule has 0 aliphatic carbocycles. The highest BCUT2D eigenvalue weighted by Gasteiger charge is 2.20. The molecule has 25 heavy (non-hydrogen) atoms. The molecule has 130 valence electrons. The largest absolute Gasteiger partial charge is 0.481 e. The van der Waals surface area contributed by atoms with Crippen LogP contribution in [-0.4, -0.2) is 63.0 Å². The first kappa shape index (κ1) is 15.8. The first-order valence-corrected chi connectivity index (χ1v) is 8.39. The third kappa shape index (κ3) is 3.12. The molecule has 3 aromatic rings.